The lowest BCUT2D eigenvalue weighted by Gasteiger charge is -2.04. The summed E-state index contributed by atoms with van der Waals surface area (Å²) in [6, 6.07) is 4.23. The third kappa shape index (κ3) is 1.53. The van der Waals surface area contributed by atoms with E-state index in [1.807, 2.05) is 0 Å². The van der Waals surface area contributed by atoms with Gasteiger partial charge in [0.15, 0.2) is 0 Å². The minimum Gasteiger partial charge on any atom is -0.147 e. The van der Waals surface area contributed by atoms with E-state index in [1.54, 1.807) is 11.3 Å². The van der Waals surface area contributed by atoms with Crippen molar-refractivity contribution in [2.45, 2.75) is 25.1 Å². The average Bonchev–Trinajstić information content (AvgIpc) is 2.68. The van der Waals surface area contributed by atoms with E-state index >= 15 is 0 Å². The highest BCUT2D eigenvalue weighted by atomic mass is 35.5. The molecule has 0 saturated heterocycles. The molecule has 3 atom stereocenters. The van der Waals surface area contributed by atoms with E-state index in [1.165, 1.54) is 17.7 Å². The second-order valence-electron chi connectivity index (χ2n) is 3.49. The van der Waals surface area contributed by atoms with Gasteiger partial charge in [-0.05, 0) is 29.7 Å². The lowest BCUT2D eigenvalue weighted by Crippen LogP contribution is -1.91. The van der Waals surface area contributed by atoms with Gasteiger partial charge in [0.1, 0.15) is 0 Å². The molecule has 1 aliphatic rings. The summed E-state index contributed by atoms with van der Waals surface area (Å²) in [6.45, 7) is 2.25. The maximum atomic E-state index is 6.33. The van der Waals surface area contributed by atoms with Gasteiger partial charge in [-0.1, -0.05) is 19.4 Å². The van der Waals surface area contributed by atoms with Crippen LogP contribution in [0.3, 0.4) is 0 Å². The first-order valence-corrected chi connectivity index (χ1v) is 5.82. The van der Waals surface area contributed by atoms with Gasteiger partial charge >= 0.3 is 0 Å². The fourth-order valence-corrected chi connectivity index (χ4v) is 3.07. The minimum absolute atomic E-state index is 0.287. The molecule has 1 aliphatic carbocycles. The molecule has 0 amide bonds. The van der Waals surface area contributed by atoms with Crippen LogP contribution in [0.2, 0.25) is 0 Å². The Kier molecular flexibility index (Phi) is 2.42. The summed E-state index contributed by atoms with van der Waals surface area (Å²) < 4.78 is 0. The Hall–Kier alpha value is -0.0100. The maximum Gasteiger partial charge on any atom is 0.0709 e. The summed E-state index contributed by atoms with van der Waals surface area (Å²) in [5.41, 5.74) is 0. The molecule has 0 nitrogen and oxygen atoms in total. The molecule has 0 radical (unpaired) electrons. The highest BCUT2D eigenvalue weighted by Crippen LogP contribution is 2.52. The Morgan fingerprint density at radius 2 is 2.58 bits per heavy atom. The fraction of sp³-hybridized carbons (Fsp3) is 0.600. The van der Waals surface area contributed by atoms with Crippen molar-refractivity contribution in [1.29, 1.82) is 0 Å². The second kappa shape index (κ2) is 3.39. The molecule has 1 aromatic heterocycles. The number of rotatable bonds is 3. The normalized spacial score (nSPS) is 30.2. The highest BCUT2D eigenvalue weighted by Gasteiger charge is 2.41. The van der Waals surface area contributed by atoms with Gasteiger partial charge in [0, 0.05) is 4.88 Å². The fourth-order valence-electron chi connectivity index (χ4n) is 1.76. The van der Waals surface area contributed by atoms with Crippen LogP contribution in [0.4, 0.5) is 0 Å². The van der Waals surface area contributed by atoms with Crippen molar-refractivity contribution in [3.63, 3.8) is 0 Å². The van der Waals surface area contributed by atoms with Crippen LogP contribution >= 0.6 is 22.9 Å². The molecule has 1 saturated carbocycles. The molecule has 1 unspecified atom stereocenters. The van der Waals surface area contributed by atoms with E-state index in [-0.39, 0.29) is 5.38 Å². The summed E-state index contributed by atoms with van der Waals surface area (Å²) >= 11 is 8.11. The topological polar surface area (TPSA) is 0 Å². The summed E-state index contributed by atoms with van der Waals surface area (Å²) in [5, 5.41) is 2.39. The monoisotopic (exact) mass is 200 g/mol. The number of thiophene rings is 1. The van der Waals surface area contributed by atoms with Gasteiger partial charge < -0.3 is 0 Å². The van der Waals surface area contributed by atoms with Crippen molar-refractivity contribution in [2.24, 2.45) is 11.8 Å². The summed E-state index contributed by atoms with van der Waals surface area (Å²) in [4.78, 5) is 1.35. The van der Waals surface area contributed by atoms with Gasteiger partial charge in [-0.2, -0.15) is 0 Å². The first-order chi connectivity index (χ1) is 5.83. The van der Waals surface area contributed by atoms with Crippen LogP contribution in [0.5, 0.6) is 0 Å². The number of halogens is 1. The van der Waals surface area contributed by atoms with E-state index in [4.69, 9.17) is 11.6 Å². The van der Waals surface area contributed by atoms with Crippen LogP contribution in [-0.4, -0.2) is 0 Å². The van der Waals surface area contributed by atoms with Crippen molar-refractivity contribution in [1.82, 2.24) is 0 Å². The second-order valence-corrected chi connectivity index (χ2v) is 4.93. The molecular weight excluding hydrogens is 188 g/mol. The highest BCUT2D eigenvalue weighted by molar-refractivity contribution is 7.10. The largest absolute Gasteiger partial charge is 0.147 e. The molecule has 1 aromatic rings. The van der Waals surface area contributed by atoms with Crippen molar-refractivity contribution in [2.75, 3.05) is 0 Å². The van der Waals surface area contributed by atoms with Crippen molar-refractivity contribution >= 4 is 22.9 Å². The third-order valence-corrected chi connectivity index (χ3v) is 4.34. The molecular formula is C10H13ClS. The third-order valence-electron chi connectivity index (χ3n) is 2.69. The zero-order chi connectivity index (χ0) is 8.55. The van der Waals surface area contributed by atoms with Crippen LogP contribution in [0, 0.1) is 11.8 Å². The molecule has 0 aliphatic heterocycles. The van der Waals surface area contributed by atoms with Crippen LogP contribution in [0.15, 0.2) is 17.5 Å². The van der Waals surface area contributed by atoms with Crippen molar-refractivity contribution < 1.29 is 0 Å². The Balaban J connectivity index is 1.99. The smallest absolute Gasteiger partial charge is 0.0709 e. The van der Waals surface area contributed by atoms with E-state index < -0.39 is 0 Å². The average molecular weight is 201 g/mol. The summed E-state index contributed by atoms with van der Waals surface area (Å²) in [5.74, 6) is 1.66. The predicted molar refractivity (Wildman–Crippen MR) is 54.8 cm³/mol. The number of hydrogen-bond donors (Lipinski definition) is 0. The Morgan fingerprint density at radius 3 is 3.08 bits per heavy atom. The quantitative estimate of drug-likeness (QED) is 0.646. The maximum absolute atomic E-state index is 6.33. The molecule has 0 N–H and O–H groups in total. The standard InChI is InChI=1S/C10H13ClS/c1-2-7-6-8(7)10(11)9-4-3-5-12-9/h3-5,7-8,10H,2,6H2,1H3/t7-,8-,10?/m1/s1. The molecule has 0 spiro atoms. The summed E-state index contributed by atoms with van der Waals surface area (Å²) in [6.07, 6.45) is 2.63. The van der Waals surface area contributed by atoms with Crippen molar-refractivity contribution in [3.8, 4) is 0 Å². The number of alkyl halides is 1. The van der Waals surface area contributed by atoms with Gasteiger partial charge in [-0.3, -0.25) is 0 Å². The minimum atomic E-state index is 0.287. The Morgan fingerprint density at radius 1 is 1.75 bits per heavy atom. The van der Waals surface area contributed by atoms with Gasteiger partial charge in [0.25, 0.3) is 0 Å². The number of hydrogen-bond acceptors (Lipinski definition) is 1. The van der Waals surface area contributed by atoms with Crippen LogP contribution < -0.4 is 0 Å². The zero-order valence-electron chi connectivity index (χ0n) is 7.16. The van der Waals surface area contributed by atoms with Crippen LogP contribution in [0.1, 0.15) is 30.0 Å². The first-order valence-electron chi connectivity index (χ1n) is 4.50. The lowest BCUT2D eigenvalue weighted by molar-refractivity contribution is 0.667. The Bertz CT molecular complexity index is 242. The van der Waals surface area contributed by atoms with Gasteiger partial charge in [-0.15, -0.1) is 22.9 Å². The first kappa shape index (κ1) is 8.58. The molecule has 2 rings (SSSR count). The molecule has 1 fully saturated rings. The molecule has 12 heavy (non-hydrogen) atoms. The van der Waals surface area contributed by atoms with E-state index in [0.29, 0.717) is 0 Å². The lowest BCUT2D eigenvalue weighted by atomic mass is 10.2. The SMILES string of the molecule is CC[C@@H]1C[C@H]1C(Cl)c1cccs1. The molecule has 0 bridgehead atoms. The van der Waals surface area contributed by atoms with Gasteiger partial charge in [0.2, 0.25) is 0 Å². The van der Waals surface area contributed by atoms with Crippen LogP contribution in [-0.2, 0) is 0 Å². The summed E-state index contributed by atoms with van der Waals surface area (Å²) in [7, 11) is 0. The molecule has 0 aromatic carbocycles. The van der Waals surface area contributed by atoms with E-state index in [9.17, 15) is 0 Å². The van der Waals surface area contributed by atoms with E-state index in [2.05, 4.69) is 24.4 Å². The van der Waals surface area contributed by atoms with Crippen LogP contribution in [0.25, 0.3) is 0 Å². The molecule has 66 valence electrons. The molecule has 2 heteroatoms. The Labute approximate surface area is 82.6 Å². The van der Waals surface area contributed by atoms with E-state index in [0.717, 1.165) is 11.8 Å². The van der Waals surface area contributed by atoms with Crippen molar-refractivity contribution in [3.05, 3.63) is 22.4 Å². The predicted octanol–water partition coefficient (Wildman–Crippen LogP) is 4.07. The molecule has 1 heterocycles. The van der Waals surface area contributed by atoms with Gasteiger partial charge in [0.05, 0.1) is 5.38 Å². The zero-order valence-corrected chi connectivity index (χ0v) is 8.74. The van der Waals surface area contributed by atoms with Gasteiger partial charge in [-0.25, -0.2) is 0 Å².